The Morgan fingerprint density at radius 2 is 1.95 bits per heavy atom. The van der Waals surface area contributed by atoms with Gasteiger partial charge in [0.25, 0.3) is 0 Å². The van der Waals surface area contributed by atoms with Crippen molar-refractivity contribution in [1.29, 1.82) is 0 Å². The fraction of sp³-hybridized carbons (Fsp3) is 0.0769. The first kappa shape index (κ1) is 14.4. The van der Waals surface area contributed by atoms with Crippen molar-refractivity contribution in [2.24, 2.45) is 5.10 Å². The van der Waals surface area contributed by atoms with Crippen LogP contribution in [-0.2, 0) is 11.2 Å². The Kier molecular flexibility index (Phi) is 5.30. The molecule has 0 bridgehead atoms. The lowest BCUT2D eigenvalue weighted by Crippen LogP contribution is -2.19. The third kappa shape index (κ3) is 4.89. The molecule has 1 heterocycles. The Bertz CT molecular complexity index is 593. The molecule has 1 aromatic heterocycles. The summed E-state index contributed by atoms with van der Waals surface area (Å²) < 4.78 is 2.04. The molecule has 0 aliphatic carbocycles. The number of amides is 1. The van der Waals surface area contributed by atoms with Crippen LogP contribution in [0.4, 0.5) is 0 Å². The minimum Gasteiger partial charge on any atom is -0.273 e. The summed E-state index contributed by atoms with van der Waals surface area (Å²) >= 11 is 8.28. The molecule has 0 radical (unpaired) electrons. The number of nitrogens with one attached hydrogen (secondary N) is 1. The topological polar surface area (TPSA) is 41.5 Å². The summed E-state index contributed by atoms with van der Waals surface area (Å²) in [6.45, 7) is 0. The summed E-state index contributed by atoms with van der Waals surface area (Å²) in [5.41, 5.74) is 3.47. The SMILES string of the molecule is O=C(Cc1ccc(Br)cc1)N/N=C/c1ccc(Br)s1. The maximum absolute atomic E-state index is 11.7. The lowest BCUT2D eigenvalue weighted by atomic mass is 10.1. The fourth-order valence-electron chi connectivity index (χ4n) is 1.39. The minimum atomic E-state index is -0.130. The molecule has 0 aliphatic rings. The molecule has 0 saturated heterocycles. The van der Waals surface area contributed by atoms with Crippen LogP contribution in [0.3, 0.4) is 0 Å². The number of thiophene rings is 1. The van der Waals surface area contributed by atoms with E-state index in [1.54, 1.807) is 17.6 Å². The van der Waals surface area contributed by atoms with Gasteiger partial charge in [-0.1, -0.05) is 28.1 Å². The number of carbonyl (C=O) groups is 1. The average molecular weight is 402 g/mol. The second-order valence-corrected chi connectivity index (χ2v) is 7.15. The molecule has 98 valence electrons. The van der Waals surface area contributed by atoms with Crippen LogP contribution in [0.25, 0.3) is 0 Å². The van der Waals surface area contributed by atoms with E-state index in [0.717, 1.165) is 18.7 Å². The highest BCUT2D eigenvalue weighted by Gasteiger charge is 2.01. The number of rotatable bonds is 4. The van der Waals surface area contributed by atoms with Crippen molar-refractivity contribution in [3.8, 4) is 0 Å². The first-order valence-electron chi connectivity index (χ1n) is 5.45. The number of carbonyl (C=O) groups excluding carboxylic acids is 1. The molecular weight excluding hydrogens is 392 g/mol. The quantitative estimate of drug-likeness (QED) is 0.611. The largest absolute Gasteiger partial charge is 0.273 e. The molecule has 0 unspecified atom stereocenters. The molecule has 1 N–H and O–H groups in total. The van der Waals surface area contributed by atoms with Gasteiger partial charge in [0.15, 0.2) is 0 Å². The van der Waals surface area contributed by atoms with E-state index < -0.39 is 0 Å². The van der Waals surface area contributed by atoms with Gasteiger partial charge in [-0.25, -0.2) is 5.43 Å². The molecule has 0 fully saturated rings. The van der Waals surface area contributed by atoms with Crippen LogP contribution in [0.2, 0.25) is 0 Å². The summed E-state index contributed by atoms with van der Waals surface area (Å²) in [6, 6.07) is 11.5. The summed E-state index contributed by atoms with van der Waals surface area (Å²) in [6.07, 6.45) is 1.95. The lowest BCUT2D eigenvalue weighted by molar-refractivity contribution is -0.120. The highest BCUT2D eigenvalue weighted by atomic mass is 79.9. The Hall–Kier alpha value is -0.980. The van der Waals surface area contributed by atoms with Gasteiger partial charge in [0.2, 0.25) is 5.91 Å². The molecule has 0 aliphatic heterocycles. The van der Waals surface area contributed by atoms with Crippen LogP contribution in [0.5, 0.6) is 0 Å². The second kappa shape index (κ2) is 6.98. The molecule has 3 nitrogen and oxygen atoms in total. The predicted molar refractivity (Wildman–Crippen MR) is 85.6 cm³/mol. The van der Waals surface area contributed by atoms with Gasteiger partial charge in [-0.2, -0.15) is 5.10 Å². The highest BCUT2D eigenvalue weighted by Crippen LogP contribution is 2.20. The highest BCUT2D eigenvalue weighted by molar-refractivity contribution is 9.11. The van der Waals surface area contributed by atoms with Gasteiger partial charge in [0.1, 0.15) is 0 Å². The Morgan fingerprint density at radius 1 is 1.21 bits per heavy atom. The van der Waals surface area contributed by atoms with Gasteiger partial charge in [-0.05, 0) is 45.8 Å². The van der Waals surface area contributed by atoms with Crippen LogP contribution in [-0.4, -0.2) is 12.1 Å². The van der Waals surface area contributed by atoms with Gasteiger partial charge >= 0.3 is 0 Å². The number of hydrazone groups is 1. The van der Waals surface area contributed by atoms with Crippen molar-refractivity contribution in [3.63, 3.8) is 0 Å². The van der Waals surface area contributed by atoms with Gasteiger partial charge in [-0.3, -0.25) is 4.79 Å². The van der Waals surface area contributed by atoms with Gasteiger partial charge in [-0.15, -0.1) is 11.3 Å². The number of halogens is 2. The molecule has 19 heavy (non-hydrogen) atoms. The molecule has 0 spiro atoms. The molecule has 2 rings (SSSR count). The van der Waals surface area contributed by atoms with Crippen molar-refractivity contribution in [2.75, 3.05) is 0 Å². The maximum atomic E-state index is 11.7. The zero-order valence-electron chi connectivity index (χ0n) is 9.77. The molecule has 6 heteroatoms. The van der Waals surface area contributed by atoms with E-state index in [2.05, 4.69) is 42.4 Å². The summed E-state index contributed by atoms with van der Waals surface area (Å²) in [7, 11) is 0. The van der Waals surface area contributed by atoms with Crippen molar-refractivity contribution in [3.05, 3.63) is 55.1 Å². The smallest absolute Gasteiger partial charge is 0.244 e. The maximum Gasteiger partial charge on any atom is 0.244 e. The first-order valence-corrected chi connectivity index (χ1v) is 7.85. The predicted octanol–water partition coefficient (Wildman–Crippen LogP) is 3.97. The lowest BCUT2D eigenvalue weighted by Gasteiger charge is -2.00. The summed E-state index contributed by atoms with van der Waals surface area (Å²) in [5.74, 6) is -0.130. The first-order chi connectivity index (χ1) is 9.13. The molecule has 2 aromatic rings. The number of hydrogen-bond acceptors (Lipinski definition) is 3. The molecule has 1 aromatic carbocycles. The van der Waals surface area contributed by atoms with E-state index in [-0.39, 0.29) is 5.91 Å². The van der Waals surface area contributed by atoms with E-state index in [1.807, 2.05) is 36.4 Å². The van der Waals surface area contributed by atoms with Gasteiger partial charge in [0, 0.05) is 9.35 Å². The fourth-order valence-corrected chi connectivity index (χ4v) is 2.95. The second-order valence-electron chi connectivity index (χ2n) is 3.74. The normalized spacial score (nSPS) is 10.8. The third-order valence-electron chi connectivity index (χ3n) is 2.25. The van der Waals surface area contributed by atoms with Crippen LogP contribution in [0.15, 0.2) is 49.8 Å². The third-order valence-corrected chi connectivity index (χ3v) is 4.34. The minimum absolute atomic E-state index is 0.130. The van der Waals surface area contributed by atoms with Crippen LogP contribution in [0, 0.1) is 0 Å². The Balaban J connectivity index is 1.84. The average Bonchev–Trinajstić information content (AvgIpc) is 2.78. The Morgan fingerprint density at radius 3 is 2.58 bits per heavy atom. The van der Waals surface area contributed by atoms with Crippen LogP contribution in [0.1, 0.15) is 10.4 Å². The standard InChI is InChI=1S/C13H10Br2N2OS/c14-10-3-1-9(2-4-10)7-13(18)17-16-8-11-5-6-12(15)19-11/h1-6,8H,7H2,(H,17,18)/b16-8+. The zero-order valence-corrected chi connectivity index (χ0v) is 13.8. The van der Waals surface area contributed by atoms with E-state index >= 15 is 0 Å². The summed E-state index contributed by atoms with van der Waals surface area (Å²) in [5, 5.41) is 3.92. The molecule has 0 saturated carbocycles. The molecule has 1 amide bonds. The van der Waals surface area contributed by atoms with E-state index in [4.69, 9.17) is 0 Å². The van der Waals surface area contributed by atoms with Crippen molar-refractivity contribution >= 4 is 55.3 Å². The molecular formula is C13H10Br2N2OS. The number of benzene rings is 1. The van der Waals surface area contributed by atoms with E-state index in [9.17, 15) is 4.79 Å². The van der Waals surface area contributed by atoms with E-state index in [0.29, 0.717) is 6.42 Å². The molecule has 0 atom stereocenters. The number of nitrogens with zero attached hydrogens (tertiary/aromatic N) is 1. The van der Waals surface area contributed by atoms with Crippen molar-refractivity contribution in [1.82, 2.24) is 5.43 Å². The monoisotopic (exact) mass is 400 g/mol. The zero-order chi connectivity index (χ0) is 13.7. The Labute approximate surface area is 132 Å². The van der Waals surface area contributed by atoms with Crippen LogP contribution >= 0.6 is 43.2 Å². The van der Waals surface area contributed by atoms with Crippen molar-refractivity contribution < 1.29 is 4.79 Å². The van der Waals surface area contributed by atoms with Gasteiger partial charge < -0.3 is 0 Å². The van der Waals surface area contributed by atoms with E-state index in [1.165, 1.54) is 0 Å². The van der Waals surface area contributed by atoms with Crippen molar-refractivity contribution in [2.45, 2.75) is 6.42 Å². The number of hydrogen-bond donors (Lipinski definition) is 1. The van der Waals surface area contributed by atoms with Crippen LogP contribution < -0.4 is 5.43 Å². The van der Waals surface area contributed by atoms with Gasteiger partial charge in [0.05, 0.1) is 16.4 Å². The summed E-state index contributed by atoms with van der Waals surface area (Å²) in [4.78, 5) is 12.6.